The van der Waals surface area contributed by atoms with Gasteiger partial charge in [-0.1, -0.05) is 11.6 Å². The molecule has 0 aliphatic carbocycles. The van der Waals surface area contributed by atoms with Crippen LogP contribution in [-0.2, 0) is 6.42 Å². The SMILES string of the molecule is COc1ccc(C(=O)NCCc2c(C)[nH]c3ccc(Cl)cc23)cc1OC. The highest BCUT2D eigenvalue weighted by Crippen LogP contribution is 2.28. The minimum Gasteiger partial charge on any atom is -0.493 e. The minimum absolute atomic E-state index is 0.151. The lowest BCUT2D eigenvalue weighted by Gasteiger charge is -2.10. The predicted molar refractivity (Wildman–Crippen MR) is 104 cm³/mol. The van der Waals surface area contributed by atoms with Gasteiger partial charge in [-0.05, 0) is 55.3 Å². The summed E-state index contributed by atoms with van der Waals surface area (Å²) in [5.41, 5.74) is 3.83. The maximum Gasteiger partial charge on any atom is 0.251 e. The largest absolute Gasteiger partial charge is 0.493 e. The van der Waals surface area contributed by atoms with Gasteiger partial charge in [0.1, 0.15) is 0 Å². The van der Waals surface area contributed by atoms with Gasteiger partial charge in [0.15, 0.2) is 11.5 Å². The van der Waals surface area contributed by atoms with Crippen molar-refractivity contribution in [3.63, 3.8) is 0 Å². The Morgan fingerprint density at radius 3 is 2.62 bits per heavy atom. The average Bonchev–Trinajstić information content (AvgIpc) is 2.95. The van der Waals surface area contributed by atoms with Crippen LogP contribution in [0.25, 0.3) is 10.9 Å². The van der Waals surface area contributed by atoms with Crippen LogP contribution in [0.5, 0.6) is 11.5 Å². The summed E-state index contributed by atoms with van der Waals surface area (Å²) in [6.45, 7) is 2.55. The molecule has 26 heavy (non-hydrogen) atoms. The number of amides is 1. The minimum atomic E-state index is -0.151. The van der Waals surface area contributed by atoms with E-state index in [2.05, 4.69) is 10.3 Å². The zero-order chi connectivity index (χ0) is 18.7. The van der Waals surface area contributed by atoms with Gasteiger partial charge >= 0.3 is 0 Å². The van der Waals surface area contributed by atoms with Crippen molar-refractivity contribution < 1.29 is 14.3 Å². The van der Waals surface area contributed by atoms with Gasteiger partial charge in [0, 0.05) is 33.7 Å². The first-order chi connectivity index (χ1) is 12.5. The van der Waals surface area contributed by atoms with Gasteiger partial charge in [0.2, 0.25) is 0 Å². The normalized spacial score (nSPS) is 10.8. The third-order valence-electron chi connectivity index (χ3n) is 4.39. The second kappa shape index (κ2) is 7.70. The number of fused-ring (bicyclic) bond motifs is 1. The highest BCUT2D eigenvalue weighted by atomic mass is 35.5. The Balaban J connectivity index is 1.69. The van der Waals surface area contributed by atoms with Gasteiger partial charge in [-0.3, -0.25) is 4.79 Å². The van der Waals surface area contributed by atoms with E-state index in [1.165, 1.54) is 0 Å². The third-order valence-corrected chi connectivity index (χ3v) is 4.62. The number of nitrogens with one attached hydrogen (secondary N) is 2. The van der Waals surface area contributed by atoms with Crippen LogP contribution in [0.1, 0.15) is 21.6 Å². The van der Waals surface area contributed by atoms with E-state index in [0.717, 1.165) is 22.2 Å². The number of benzene rings is 2. The summed E-state index contributed by atoms with van der Waals surface area (Å²) in [6.07, 6.45) is 0.713. The fourth-order valence-electron chi connectivity index (χ4n) is 3.06. The number of ether oxygens (including phenoxy) is 2. The van der Waals surface area contributed by atoms with E-state index in [1.54, 1.807) is 32.4 Å². The number of carbonyl (C=O) groups excluding carboxylic acids is 1. The van der Waals surface area contributed by atoms with E-state index in [4.69, 9.17) is 21.1 Å². The van der Waals surface area contributed by atoms with E-state index in [9.17, 15) is 4.79 Å². The second-order valence-corrected chi connectivity index (χ2v) is 6.43. The molecule has 5 nitrogen and oxygen atoms in total. The lowest BCUT2D eigenvalue weighted by Crippen LogP contribution is -2.25. The van der Waals surface area contributed by atoms with Crippen molar-refractivity contribution >= 4 is 28.4 Å². The molecule has 0 aliphatic rings. The molecule has 0 spiro atoms. The van der Waals surface area contributed by atoms with Gasteiger partial charge in [0.25, 0.3) is 5.91 Å². The highest BCUT2D eigenvalue weighted by molar-refractivity contribution is 6.31. The molecule has 2 aromatic carbocycles. The van der Waals surface area contributed by atoms with E-state index in [1.807, 2.05) is 25.1 Å². The molecule has 0 aliphatic heterocycles. The number of aryl methyl sites for hydroxylation is 1. The van der Waals surface area contributed by atoms with Crippen molar-refractivity contribution in [2.45, 2.75) is 13.3 Å². The molecule has 0 saturated heterocycles. The summed E-state index contributed by atoms with van der Waals surface area (Å²) in [4.78, 5) is 15.8. The van der Waals surface area contributed by atoms with E-state index in [0.29, 0.717) is 35.1 Å². The molecular formula is C20H21ClN2O3. The topological polar surface area (TPSA) is 63.3 Å². The van der Waals surface area contributed by atoms with Crippen molar-refractivity contribution in [2.75, 3.05) is 20.8 Å². The molecule has 0 fully saturated rings. The van der Waals surface area contributed by atoms with Gasteiger partial charge < -0.3 is 19.8 Å². The Bertz CT molecular complexity index is 950. The lowest BCUT2D eigenvalue weighted by molar-refractivity contribution is 0.0953. The van der Waals surface area contributed by atoms with Gasteiger partial charge in [-0.15, -0.1) is 0 Å². The smallest absolute Gasteiger partial charge is 0.251 e. The van der Waals surface area contributed by atoms with Gasteiger partial charge in [-0.2, -0.15) is 0 Å². The fourth-order valence-corrected chi connectivity index (χ4v) is 3.23. The van der Waals surface area contributed by atoms with Crippen molar-refractivity contribution in [3.8, 4) is 11.5 Å². The van der Waals surface area contributed by atoms with Crippen LogP contribution in [0.2, 0.25) is 5.02 Å². The average molecular weight is 373 g/mol. The lowest BCUT2D eigenvalue weighted by atomic mass is 10.1. The third kappa shape index (κ3) is 3.63. The fraction of sp³-hybridized carbons (Fsp3) is 0.250. The molecule has 0 saturated carbocycles. The molecule has 0 unspecified atom stereocenters. The molecule has 1 heterocycles. The van der Waals surface area contributed by atoms with Crippen molar-refractivity contribution in [3.05, 3.63) is 58.2 Å². The van der Waals surface area contributed by atoms with E-state index in [-0.39, 0.29) is 5.91 Å². The van der Waals surface area contributed by atoms with Gasteiger partial charge in [-0.25, -0.2) is 0 Å². The molecule has 3 aromatic rings. The molecule has 0 bridgehead atoms. The summed E-state index contributed by atoms with van der Waals surface area (Å²) in [7, 11) is 3.11. The molecule has 2 N–H and O–H groups in total. The first kappa shape index (κ1) is 18.1. The quantitative estimate of drug-likeness (QED) is 0.684. The number of H-pyrrole nitrogens is 1. The molecule has 3 rings (SSSR count). The Morgan fingerprint density at radius 1 is 1.12 bits per heavy atom. The van der Waals surface area contributed by atoms with E-state index >= 15 is 0 Å². The predicted octanol–water partition coefficient (Wildman–Crippen LogP) is 4.12. The van der Waals surface area contributed by atoms with Crippen molar-refractivity contribution in [2.24, 2.45) is 0 Å². The zero-order valence-corrected chi connectivity index (χ0v) is 15.7. The number of hydrogen-bond acceptors (Lipinski definition) is 3. The number of rotatable bonds is 6. The highest BCUT2D eigenvalue weighted by Gasteiger charge is 2.12. The zero-order valence-electron chi connectivity index (χ0n) is 15.0. The molecular weight excluding hydrogens is 352 g/mol. The second-order valence-electron chi connectivity index (χ2n) is 5.99. The summed E-state index contributed by atoms with van der Waals surface area (Å²) in [5, 5.41) is 4.74. The molecule has 1 amide bonds. The van der Waals surface area contributed by atoms with Crippen LogP contribution in [0.15, 0.2) is 36.4 Å². The maximum atomic E-state index is 12.4. The van der Waals surface area contributed by atoms with E-state index < -0.39 is 0 Å². The Kier molecular flexibility index (Phi) is 5.38. The molecule has 1 aromatic heterocycles. The number of methoxy groups -OCH3 is 2. The molecule has 0 radical (unpaired) electrons. The summed E-state index contributed by atoms with van der Waals surface area (Å²) < 4.78 is 10.4. The Hall–Kier alpha value is -2.66. The first-order valence-electron chi connectivity index (χ1n) is 8.30. The van der Waals surface area contributed by atoms with Crippen LogP contribution >= 0.6 is 11.6 Å². The Labute approximate surface area is 157 Å². The standard InChI is InChI=1S/C20H21ClN2O3/c1-12-15(16-11-14(21)5-6-17(16)23-12)8-9-22-20(24)13-4-7-18(25-2)19(10-13)26-3/h4-7,10-11,23H,8-9H2,1-3H3,(H,22,24). The van der Waals surface area contributed by atoms with Crippen LogP contribution in [0.4, 0.5) is 0 Å². The van der Waals surface area contributed by atoms with Crippen molar-refractivity contribution in [1.29, 1.82) is 0 Å². The summed E-state index contributed by atoms with van der Waals surface area (Å²) in [6, 6.07) is 10.9. The summed E-state index contributed by atoms with van der Waals surface area (Å²) >= 11 is 6.11. The van der Waals surface area contributed by atoms with Crippen molar-refractivity contribution in [1.82, 2.24) is 10.3 Å². The van der Waals surface area contributed by atoms with Crippen LogP contribution in [0, 0.1) is 6.92 Å². The monoisotopic (exact) mass is 372 g/mol. The first-order valence-corrected chi connectivity index (χ1v) is 8.68. The molecule has 6 heteroatoms. The molecule has 136 valence electrons. The van der Waals surface area contributed by atoms with Gasteiger partial charge in [0.05, 0.1) is 14.2 Å². The number of hydrogen-bond donors (Lipinski definition) is 2. The maximum absolute atomic E-state index is 12.4. The van der Waals surface area contributed by atoms with Crippen LogP contribution in [-0.4, -0.2) is 31.7 Å². The number of aromatic nitrogens is 1. The van der Waals surface area contributed by atoms with Crippen LogP contribution < -0.4 is 14.8 Å². The number of carbonyl (C=O) groups is 1. The number of halogens is 1. The molecule has 0 atom stereocenters. The number of aromatic amines is 1. The van der Waals surface area contributed by atoms with Crippen LogP contribution in [0.3, 0.4) is 0 Å². The Morgan fingerprint density at radius 2 is 1.88 bits per heavy atom. The summed E-state index contributed by atoms with van der Waals surface area (Å²) in [5.74, 6) is 0.971.